The Hall–Kier alpha value is -1.30. The van der Waals surface area contributed by atoms with Crippen LogP contribution in [0.4, 0.5) is 0 Å². The van der Waals surface area contributed by atoms with Crippen molar-refractivity contribution >= 4 is 11.9 Å². The van der Waals surface area contributed by atoms with Crippen molar-refractivity contribution < 1.29 is 14.3 Å². The summed E-state index contributed by atoms with van der Waals surface area (Å²) in [6.45, 7) is 5.66. The van der Waals surface area contributed by atoms with Crippen LogP contribution in [0, 0.1) is 5.92 Å². The van der Waals surface area contributed by atoms with Gasteiger partial charge in [0, 0.05) is 40.4 Å². The lowest BCUT2D eigenvalue weighted by Gasteiger charge is -2.33. The summed E-state index contributed by atoms with van der Waals surface area (Å²) in [5, 5.41) is 3.39. The minimum absolute atomic E-state index is 0.0334. The fourth-order valence-electron chi connectivity index (χ4n) is 2.70. The first kappa shape index (κ1) is 18.7. The molecule has 1 unspecified atom stereocenters. The van der Waals surface area contributed by atoms with Crippen LogP contribution in [0.15, 0.2) is 4.99 Å². The third kappa shape index (κ3) is 6.64. The molecule has 1 rings (SSSR count). The molecule has 0 radical (unpaired) electrons. The van der Waals surface area contributed by atoms with Gasteiger partial charge in [0.1, 0.15) is 0 Å². The molecule has 0 bridgehead atoms. The molecule has 1 saturated heterocycles. The number of methoxy groups -OCH3 is 1. The van der Waals surface area contributed by atoms with Crippen molar-refractivity contribution in [3.63, 3.8) is 0 Å². The van der Waals surface area contributed by atoms with Gasteiger partial charge < -0.3 is 19.7 Å². The Morgan fingerprint density at radius 3 is 2.86 bits per heavy atom. The molecule has 1 heterocycles. The fraction of sp³-hybridized carbons (Fsp3) is 0.875. The van der Waals surface area contributed by atoms with Gasteiger partial charge in [0.2, 0.25) is 0 Å². The molecule has 1 atom stereocenters. The summed E-state index contributed by atoms with van der Waals surface area (Å²) in [6, 6.07) is 0. The first-order valence-electron chi connectivity index (χ1n) is 8.34. The summed E-state index contributed by atoms with van der Waals surface area (Å²) in [6.07, 6.45) is 5.23. The quantitative estimate of drug-likeness (QED) is 0.319. The molecule has 6 nitrogen and oxygen atoms in total. The number of nitrogens with zero attached hydrogens (tertiary/aromatic N) is 2. The van der Waals surface area contributed by atoms with Crippen molar-refractivity contribution in [3.8, 4) is 0 Å². The molecule has 22 heavy (non-hydrogen) atoms. The van der Waals surface area contributed by atoms with Crippen LogP contribution in [0.3, 0.4) is 0 Å². The third-order valence-corrected chi connectivity index (χ3v) is 3.86. The van der Waals surface area contributed by atoms with Crippen molar-refractivity contribution in [1.29, 1.82) is 0 Å². The summed E-state index contributed by atoms with van der Waals surface area (Å²) in [5.74, 6) is 0.775. The number of hydrogen-bond donors (Lipinski definition) is 1. The summed E-state index contributed by atoms with van der Waals surface area (Å²) in [4.78, 5) is 18.4. The second-order valence-electron chi connectivity index (χ2n) is 5.56. The van der Waals surface area contributed by atoms with Crippen LogP contribution in [0.2, 0.25) is 0 Å². The highest BCUT2D eigenvalue weighted by Gasteiger charge is 2.28. The second kappa shape index (κ2) is 11.3. The van der Waals surface area contributed by atoms with Crippen molar-refractivity contribution in [3.05, 3.63) is 0 Å². The van der Waals surface area contributed by atoms with Crippen molar-refractivity contribution in [2.24, 2.45) is 10.9 Å². The molecule has 6 heteroatoms. The molecule has 0 aliphatic carbocycles. The number of carbonyl (C=O) groups is 1. The summed E-state index contributed by atoms with van der Waals surface area (Å²) in [5.41, 5.74) is 0. The lowest BCUT2D eigenvalue weighted by atomic mass is 9.98. The van der Waals surface area contributed by atoms with E-state index in [9.17, 15) is 4.79 Å². The zero-order valence-corrected chi connectivity index (χ0v) is 14.3. The van der Waals surface area contributed by atoms with Crippen LogP contribution in [0.25, 0.3) is 0 Å². The molecule has 0 spiro atoms. The van der Waals surface area contributed by atoms with E-state index in [4.69, 9.17) is 9.47 Å². The number of carbonyl (C=O) groups excluding carboxylic acids is 1. The van der Waals surface area contributed by atoms with Gasteiger partial charge in [-0.05, 0) is 39.0 Å². The zero-order valence-electron chi connectivity index (χ0n) is 14.3. The number of ether oxygens (including phenoxy) is 2. The first-order valence-corrected chi connectivity index (χ1v) is 8.34. The number of likely N-dealkylation sites (tertiary alicyclic amines) is 1. The molecule has 1 fully saturated rings. The minimum Gasteiger partial charge on any atom is -0.466 e. The van der Waals surface area contributed by atoms with Crippen LogP contribution in [0.5, 0.6) is 0 Å². The Balaban J connectivity index is 2.34. The van der Waals surface area contributed by atoms with E-state index in [0.29, 0.717) is 13.2 Å². The Labute approximate surface area is 134 Å². The molecule has 1 aliphatic heterocycles. The van der Waals surface area contributed by atoms with Gasteiger partial charge in [0.05, 0.1) is 12.5 Å². The maximum absolute atomic E-state index is 11.9. The fourth-order valence-corrected chi connectivity index (χ4v) is 2.70. The van der Waals surface area contributed by atoms with Crippen LogP contribution >= 0.6 is 0 Å². The van der Waals surface area contributed by atoms with E-state index in [1.807, 2.05) is 6.92 Å². The first-order chi connectivity index (χ1) is 10.7. The topological polar surface area (TPSA) is 63.2 Å². The van der Waals surface area contributed by atoms with E-state index in [1.165, 1.54) is 0 Å². The highest BCUT2D eigenvalue weighted by molar-refractivity contribution is 5.81. The summed E-state index contributed by atoms with van der Waals surface area (Å²) < 4.78 is 10.2. The molecule has 0 aromatic carbocycles. The molecule has 1 aliphatic rings. The average Bonchev–Trinajstić information content (AvgIpc) is 2.54. The number of aliphatic imine (C=N–C) groups is 1. The van der Waals surface area contributed by atoms with E-state index in [0.717, 1.165) is 57.8 Å². The third-order valence-electron chi connectivity index (χ3n) is 3.86. The highest BCUT2D eigenvalue weighted by Crippen LogP contribution is 2.18. The SMILES string of the molecule is CCOC(=O)C1CCCN(C(=NC)NCCCCCOC)C1. The van der Waals surface area contributed by atoms with Gasteiger partial charge in [-0.15, -0.1) is 0 Å². The monoisotopic (exact) mass is 313 g/mol. The number of hydrogen-bond acceptors (Lipinski definition) is 4. The van der Waals surface area contributed by atoms with Gasteiger partial charge in [0.15, 0.2) is 5.96 Å². The molecule has 128 valence electrons. The van der Waals surface area contributed by atoms with Crippen molar-refractivity contribution in [1.82, 2.24) is 10.2 Å². The van der Waals surface area contributed by atoms with Crippen LogP contribution in [-0.4, -0.2) is 63.8 Å². The lowest BCUT2D eigenvalue weighted by Crippen LogP contribution is -2.48. The maximum atomic E-state index is 11.9. The van der Waals surface area contributed by atoms with Crippen molar-refractivity contribution in [2.45, 2.75) is 39.0 Å². The van der Waals surface area contributed by atoms with Gasteiger partial charge in [-0.2, -0.15) is 0 Å². The summed E-state index contributed by atoms with van der Waals surface area (Å²) in [7, 11) is 3.53. The van der Waals surface area contributed by atoms with Crippen LogP contribution in [0.1, 0.15) is 39.0 Å². The van der Waals surface area contributed by atoms with Crippen molar-refractivity contribution in [2.75, 3.05) is 47.0 Å². The van der Waals surface area contributed by atoms with E-state index < -0.39 is 0 Å². The normalized spacial score (nSPS) is 19.1. The van der Waals surface area contributed by atoms with E-state index >= 15 is 0 Å². The smallest absolute Gasteiger partial charge is 0.310 e. The van der Waals surface area contributed by atoms with Gasteiger partial charge >= 0.3 is 5.97 Å². The van der Waals surface area contributed by atoms with Gasteiger partial charge in [0.25, 0.3) is 0 Å². The Morgan fingerprint density at radius 2 is 2.18 bits per heavy atom. The van der Waals surface area contributed by atoms with Gasteiger partial charge in [-0.3, -0.25) is 9.79 Å². The number of piperidine rings is 1. The molecule has 1 N–H and O–H groups in total. The Kier molecular flexibility index (Phi) is 9.62. The number of rotatable bonds is 8. The predicted molar refractivity (Wildman–Crippen MR) is 88.0 cm³/mol. The molecule has 0 aromatic heterocycles. The van der Waals surface area contributed by atoms with Gasteiger partial charge in [-0.1, -0.05) is 0 Å². The van der Waals surface area contributed by atoms with E-state index in [2.05, 4.69) is 15.2 Å². The lowest BCUT2D eigenvalue weighted by molar-refractivity contribution is -0.149. The number of guanidine groups is 1. The molecular weight excluding hydrogens is 282 g/mol. The largest absolute Gasteiger partial charge is 0.466 e. The number of unbranched alkanes of at least 4 members (excludes halogenated alkanes) is 2. The Bertz CT molecular complexity index is 348. The molecule has 0 amide bonds. The second-order valence-corrected chi connectivity index (χ2v) is 5.56. The van der Waals surface area contributed by atoms with Crippen LogP contribution < -0.4 is 5.32 Å². The number of esters is 1. The highest BCUT2D eigenvalue weighted by atomic mass is 16.5. The van der Waals surface area contributed by atoms with Gasteiger partial charge in [-0.25, -0.2) is 0 Å². The average molecular weight is 313 g/mol. The predicted octanol–water partition coefficient (Wildman–Crippen LogP) is 1.65. The Morgan fingerprint density at radius 1 is 1.36 bits per heavy atom. The maximum Gasteiger partial charge on any atom is 0.310 e. The zero-order chi connectivity index (χ0) is 16.2. The van der Waals surface area contributed by atoms with E-state index in [1.54, 1.807) is 14.2 Å². The van der Waals surface area contributed by atoms with E-state index in [-0.39, 0.29) is 11.9 Å². The number of nitrogens with one attached hydrogen (secondary N) is 1. The minimum atomic E-state index is -0.0813. The summed E-state index contributed by atoms with van der Waals surface area (Å²) >= 11 is 0. The standard InChI is InChI=1S/C16H31N3O3/c1-4-22-15(20)14-9-8-11-19(13-14)16(17-2)18-10-6-5-7-12-21-3/h14H,4-13H2,1-3H3,(H,17,18). The molecule has 0 saturated carbocycles. The molecular formula is C16H31N3O3. The van der Waals surface area contributed by atoms with Crippen LogP contribution in [-0.2, 0) is 14.3 Å². The molecule has 0 aromatic rings.